The summed E-state index contributed by atoms with van der Waals surface area (Å²) in [6.07, 6.45) is 0. The minimum Gasteiger partial charge on any atom is -0.308 e. The molecule has 0 saturated carbocycles. The van der Waals surface area contributed by atoms with Crippen molar-refractivity contribution in [3.05, 3.63) is 191 Å². The van der Waals surface area contributed by atoms with E-state index in [2.05, 4.69) is 51.6 Å². The number of rotatable bonds is 5. The fourth-order valence-electron chi connectivity index (χ4n) is 8.89. The van der Waals surface area contributed by atoms with Gasteiger partial charge in [-0.15, -0.1) is 0 Å². The van der Waals surface area contributed by atoms with Gasteiger partial charge in [-0.2, -0.15) is 36.8 Å². The molecular weight excluding hydrogens is 787 g/mol. The van der Waals surface area contributed by atoms with Crippen molar-refractivity contribution in [2.24, 2.45) is 0 Å². The molecule has 0 N–H and O–H groups in total. The van der Waals surface area contributed by atoms with E-state index < -0.39 is 0 Å². The summed E-state index contributed by atoms with van der Waals surface area (Å²) >= 11 is 0. The van der Waals surface area contributed by atoms with E-state index in [1.807, 2.05) is 97.1 Å². The summed E-state index contributed by atoms with van der Waals surface area (Å²) in [5.74, 6) is 0. The van der Waals surface area contributed by atoms with Gasteiger partial charge in [-0.25, -0.2) is 0 Å². The van der Waals surface area contributed by atoms with Crippen LogP contribution in [-0.2, 0) is 0 Å². The Morgan fingerprint density at radius 3 is 1.14 bits per heavy atom. The van der Waals surface area contributed by atoms with E-state index in [0.717, 1.165) is 54.7 Å². The predicted molar refractivity (Wildman–Crippen MR) is 244 cm³/mol. The molecule has 0 aliphatic carbocycles. The highest BCUT2D eigenvalue weighted by molar-refractivity contribution is 6.12. The minimum atomic E-state index is 0.314. The summed E-state index contributed by atoms with van der Waals surface area (Å²) in [6, 6.07) is 62.4. The number of nitriles is 7. The van der Waals surface area contributed by atoms with Gasteiger partial charge in [-0.3, -0.25) is 0 Å². The molecule has 0 aliphatic heterocycles. The molecule has 290 valence electrons. The largest absolute Gasteiger partial charge is 0.308 e. The van der Waals surface area contributed by atoms with E-state index in [1.165, 1.54) is 0 Å². The fraction of sp³-hybridized carbons (Fsp3) is 0. The number of fused-ring (bicyclic) bond motifs is 6. The van der Waals surface area contributed by atoms with Crippen LogP contribution in [0.25, 0.3) is 88.4 Å². The van der Waals surface area contributed by atoms with E-state index in [1.54, 1.807) is 54.6 Å². The zero-order chi connectivity index (χ0) is 44.1. The number of para-hydroxylation sites is 2. The second-order valence-electron chi connectivity index (χ2n) is 15.2. The van der Waals surface area contributed by atoms with E-state index in [-0.39, 0.29) is 0 Å². The van der Waals surface area contributed by atoms with Crippen molar-refractivity contribution in [2.45, 2.75) is 0 Å². The Morgan fingerprint density at radius 1 is 0.297 bits per heavy atom. The summed E-state index contributed by atoms with van der Waals surface area (Å²) < 4.78 is 4.12. The normalized spacial score (nSPS) is 10.7. The molecule has 0 atom stereocenters. The maximum absolute atomic E-state index is 11.4. The first kappa shape index (κ1) is 38.0. The summed E-state index contributed by atoms with van der Waals surface area (Å²) in [4.78, 5) is 0. The minimum absolute atomic E-state index is 0.314. The molecule has 0 spiro atoms. The Kier molecular flexibility index (Phi) is 8.98. The average molecular weight is 812 g/mol. The van der Waals surface area contributed by atoms with Gasteiger partial charge in [0.05, 0.1) is 103 Å². The zero-order valence-corrected chi connectivity index (χ0v) is 33.5. The topological polar surface area (TPSA) is 176 Å². The molecule has 8 aromatic carbocycles. The maximum Gasteiger partial charge on any atom is 0.104 e. The molecule has 0 radical (unpaired) electrons. The Hall–Kier alpha value is -10.2. The van der Waals surface area contributed by atoms with Crippen LogP contribution in [0.15, 0.2) is 152 Å². The Labute approximate surface area is 366 Å². The lowest BCUT2D eigenvalue weighted by Crippen LogP contribution is -2.05. The van der Waals surface area contributed by atoms with Crippen molar-refractivity contribution in [3.8, 4) is 87.2 Å². The first-order chi connectivity index (χ1) is 31.4. The van der Waals surface area contributed by atoms with Crippen molar-refractivity contribution in [1.29, 1.82) is 36.8 Å². The molecular formula is C55H25N9. The first-order valence-electron chi connectivity index (χ1n) is 19.9. The molecule has 0 bridgehead atoms. The van der Waals surface area contributed by atoms with Crippen LogP contribution in [-0.4, -0.2) is 9.13 Å². The van der Waals surface area contributed by atoms with Gasteiger partial charge in [0.25, 0.3) is 0 Å². The summed E-state index contributed by atoms with van der Waals surface area (Å²) in [5.41, 5.74) is 11.1. The number of aromatic nitrogens is 2. The number of hydrogen-bond acceptors (Lipinski definition) is 7. The van der Waals surface area contributed by atoms with Gasteiger partial charge in [0.15, 0.2) is 0 Å². The van der Waals surface area contributed by atoms with Gasteiger partial charge in [0, 0.05) is 21.5 Å². The number of nitrogens with zero attached hydrogens (tertiary/aromatic N) is 9. The van der Waals surface area contributed by atoms with Crippen LogP contribution in [0.2, 0.25) is 0 Å². The van der Waals surface area contributed by atoms with Gasteiger partial charge in [-0.05, 0) is 124 Å². The molecule has 2 aromatic heterocycles. The Balaban J connectivity index is 1.29. The molecule has 64 heavy (non-hydrogen) atoms. The van der Waals surface area contributed by atoms with Crippen molar-refractivity contribution in [2.75, 3.05) is 0 Å². The summed E-state index contributed by atoms with van der Waals surface area (Å²) in [6.45, 7) is 0. The van der Waals surface area contributed by atoms with Gasteiger partial charge >= 0.3 is 0 Å². The van der Waals surface area contributed by atoms with Crippen LogP contribution < -0.4 is 0 Å². The quantitative estimate of drug-likeness (QED) is 0.166. The third-order valence-electron chi connectivity index (χ3n) is 11.7. The van der Waals surface area contributed by atoms with E-state index in [9.17, 15) is 36.8 Å². The highest BCUT2D eigenvalue weighted by Crippen LogP contribution is 2.42. The highest BCUT2D eigenvalue weighted by Gasteiger charge is 2.24. The summed E-state index contributed by atoms with van der Waals surface area (Å²) in [5, 5.41) is 74.3. The van der Waals surface area contributed by atoms with E-state index in [0.29, 0.717) is 72.6 Å². The van der Waals surface area contributed by atoms with Crippen LogP contribution >= 0.6 is 0 Å². The molecule has 2 heterocycles. The molecule has 0 unspecified atom stereocenters. The smallest absolute Gasteiger partial charge is 0.104 e. The molecule has 0 fully saturated rings. The lowest BCUT2D eigenvalue weighted by atomic mass is 9.96. The first-order valence-corrected chi connectivity index (χ1v) is 19.9. The van der Waals surface area contributed by atoms with Crippen LogP contribution in [0.4, 0.5) is 0 Å². The maximum atomic E-state index is 11.4. The number of benzene rings is 8. The van der Waals surface area contributed by atoms with Gasteiger partial charge in [0.1, 0.15) is 11.6 Å². The van der Waals surface area contributed by atoms with Gasteiger partial charge in [0.2, 0.25) is 0 Å². The van der Waals surface area contributed by atoms with Crippen LogP contribution in [0.5, 0.6) is 0 Å². The predicted octanol–water partition coefficient (Wildman–Crippen LogP) is 12.0. The van der Waals surface area contributed by atoms with Crippen LogP contribution in [0.1, 0.15) is 38.9 Å². The van der Waals surface area contributed by atoms with E-state index in [4.69, 9.17) is 0 Å². The molecule has 0 amide bonds. The van der Waals surface area contributed by atoms with Crippen molar-refractivity contribution in [1.82, 2.24) is 9.13 Å². The Morgan fingerprint density at radius 2 is 0.719 bits per heavy atom. The average Bonchev–Trinajstić information content (AvgIpc) is 3.87. The standard InChI is InChI=1S/C55H25N9/c56-26-33-9-13-43(41(18-33)30-60)37-11-15-52-47(22-37)45-5-1-3-7-50(45)63(52)54-24-40(39-20-35(28-58)17-36(21-39)29-59)25-55(49(54)32-62)64-51-8-4-2-6-46(51)48-23-38(12-16-53(48)64)44-14-10-34(27-57)19-42(44)31-61/h1-25H. The lowest BCUT2D eigenvalue weighted by molar-refractivity contribution is 1.12. The second-order valence-corrected chi connectivity index (χ2v) is 15.2. The zero-order valence-electron chi connectivity index (χ0n) is 33.5. The SMILES string of the molecule is N#Cc1cc(C#N)cc(-c2cc(-n3c4ccccc4c4cc(-c5ccc(C#N)cc5C#N)ccc43)c(C#N)c(-n3c4ccccc4c4cc(-c5ccc(C#N)cc5C#N)ccc43)c2)c1. The summed E-state index contributed by atoms with van der Waals surface area (Å²) in [7, 11) is 0. The third kappa shape index (κ3) is 5.95. The molecule has 9 heteroatoms. The molecule has 0 saturated heterocycles. The van der Waals surface area contributed by atoms with Crippen molar-refractivity contribution >= 4 is 43.6 Å². The van der Waals surface area contributed by atoms with Gasteiger partial charge in [-0.1, -0.05) is 60.7 Å². The Bertz CT molecular complexity index is 3750. The lowest BCUT2D eigenvalue weighted by Gasteiger charge is -2.19. The third-order valence-corrected chi connectivity index (χ3v) is 11.7. The van der Waals surface area contributed by atoms with Crippen molar-refractivity contribution < 1.29 is 0 Å². The molecule has 10 aromatic rings. The molecule has 0 aliphatic rings. The van der Waals surface area contributed by atoms with E-state index >= 15 is 0 Å². The number of hydrogen-bond donors (Lipinski definition) is 0. The monoisotopic (exact) mass is 811 g/mol. The van der Waals surface area contributed by atoms with Gasteiger partial charge < -0.3 is 9.13 Å². The molecule has 10 rings (SSSR count). The highest BCUT2D eigenvalue weighted by atomic mass is 15.0. The van der Waals surface area contributed by atoms with Crippen LogP contribution in [0.3, 0.4) is 0 Å². The second kappa shape index (κ2) is 15.1. The van der Waals surface area contributed by atoms with Crippen LogP contribution in [0, 0.1) is 79.3 Å². The van der Waals surface area contributed by atoms with Crippen molar-refractivity contribution in [3.63, 3.8) is 0 Å². The fourth-order valence-corrected chi connectivity index (χ4v) is 8.89. The molecule has 9 nitrogen and oxygen atoms in total.